The summed E-state index contributed by atoms with van der Waals surface area (Å²) < 4.78 is 2.23. The fraction of sp³-hybridized carbons (Fsp3) is 0.812. The lowest BCUT2D eigenvalue weighted by Gasteiger charge is -2.39. The van der Waals surface area contributed by atoms with Crippen molar-refractivity contribution in [3.63, 3.8) is 0 Å². The minimum Gasteiger partial charge on any atom is -0.334 e. The van der Waals surface area contributed by atoms with E-state index in [4.69, 9.17) is 0 Å². The molecule has 2 bridgehead atoms. The molecule has 0 spiro atoms. The molecule has 2 saturated carbocycles. The lowest BCUT2D eigenvalue weighted by Crippen LogP contribution is -2.44. The van der Waals surface area contributed by atoms with Crippen molar-refractivity contribution in [2.24, 2.45) is 16.7 Å². The van der Waals surface area contributed by atoms with Crippen molar-refractivity contribution in [1.82, 2.24) is 14.9 Å². The van der Waals surface area contributed by atoms with Crippen LogP contribution in [0.1, 0.15) is 52.7 Å². The van der Waals surface area contributed by atoms with Crippen LogP contribution in [0, 0.1) is 16.7 Å². The average molecular weight is 261 g/mol. The predicted octanol–water partition coefficient (Wildman–Crippen LogP) is 3.21. The van der Waals surface area contributed by atoms with Crippen molar-refractivity contribution >= 4 is 0 Å². The molecule has 2 aliphatic carbocycles. The van der Waals surface area contributed by atoms with Crippen molar-refractivity contribution in [3.05, 3.63) is 18.2 Å². The van der Waals surface area contributed by atoms with Gasteiger partial charge in [0.15, 0.2) is 0 Å². The fourth-order valence-corrected chi connectivity index (χ4v) is 4.52. The summed E-state index contributed by atoms with van der Waals surface area (Å²) in [4.78, 5) is 4.26. The zero-order valence-electron chi connectivity index (χ0n) is 12.7. The summed E-state index contributed by atoms with van der Waals surface area (Å²) in [6.45, 7) is 11.6. The van der Waals surface area contributed by atoms with Crippen LogP contribution in [-0.4, -0.2) is 15.6 Å². The summed E-state index contributed by atoms with van der Waals surface area (Å²) in [6.07, 6.45) is 8.09. The molecule has 19 heavy (non-hydrogen) atoms. The molecule has 3 rings (SSSR count). The van der Waals surface area contributed by atoms with E-state index in [-0.39, 0.29) is 0 Å². The van der Waals surface area contributed by atoms with E-state index in [1.54, 1.807) is 0 Å². The number of aryl methyl sites for hydroxylation is 1. The Bertz CT molecular complexity index is 462. The molecule has 1 aromatic rings. The summed E-state index contributed by atoms with van der Waals surface area (Å²) in [7, 11) is 0. The van der Waals surface area contributed by atoms with E-state index in [1.165, 1.54) is 25.0 Å². The second kappa shape index (κ2) is 4.34. The third-order valence-corrected chi connectivity index (χ3v) is 6.46. The molecule has 1 aromatic heterocycles. The van der Waals surface area contributed by atoms with E-state index in [0.717, 1.165) is 19.0 Å². The molecule has 1 heterocycles. The minimum atomic E-state index is 0.467. The topological polar surface area (TPSA) is 29.9 Å². The molecular formula is C16H27N3. The van der Waals surface area contributed by atoms with Gasteiger partial charge < -0.3 is 9.88 Å². The average Bonchev–Trinajstić information content (AvgIpc) is 2.97. The van der Waals surface area contributed by atoms with E-state index in [2.05, 4.69) is 42.6 Å². The summed E-state index contributed by atoms with van der Waals surface area (Å²) in [6, 6.07) is 0.668. The van der Waals surface area contributed by atoms with Gasteiger partial charge in [0.25, 0.3) is 0 Å². The van der Waals surface area contributed by atoms with Crippen LogP contribution in [0.5, 0.6) is 0 Å². The minimum absolute atomic E-state index is 0.467. The fourth-order valence-electron chi connectivity index (χ4n) is 4.52. The predicted molar refractivity (Wildman–Crippen MR) is 77.8 cm³/mol. The monoisotopic (exact) mass is 261 g/mol. The van der Waals surface area contributed by atoms with E-state index in [1.807, 2.05) is 12.5 Å². The van der Waals surface area contributed by atoms with Crippen molar-refractivity contribution in [1.29, 1.82) is 0 Å². The van der Waals surface area contributed by atoms with Crippen LogP contribution in [0.25, 0.3) is 0 Å². The van der Waals surface area contributed by atoms with Crippen LogP contribution in [0.4, 0.5) is 0 Å². The van der Waals surface area contributed by atoms with Crippen LogP contribution in [0.3, 0.4) is 0 Å². The summed E-state index contributed by atoms with van der Waals surface area (Å²) >= 11 is 0. The number of aromatic nitrogens is 2. The standard InChI is InChI=1S/C16H27N3/c1-5-19-11-17-9-13(19)10-18-14-8-12-6-7-16(14,4)15(12,2)3/h9,11-12,14,18H,5-8,10H2,1-4H3. The molecule has 106 valence electrons. The Labute approximate surface area is 116 Å². The number of rotatable bonds is 4. The lowest BCUT2D eigenvalue weighted by atomic mass is 9.69. The Balaban J connectivity index is 1.69. The number of nitrogens with zero attached hydrogens (tertiary/aromatic N) is 2. The Morgan fingerprint density at radius 3 is 2.79 bits per heavy atom. The highest BCUT2D eigenvalue weighted by Crippen LogP contribution is 2.65. The van der Waals surface area contributed by atoms with Gasteiger partial charge in [0, 0.05) is 25.3 Å². The summed E-state index contributed by atoms with van der Waals surface area (Å²) in [5, 5.41) is 3.83. The van der Waals surface area contributed by atoms with Gasteiger partial charge >= 0.3 is 0 Å². The zero-order chi connectivity index (χ0) is 13.7. The summed E-state index contributed by atoms with van der Waals surface area (Å²) in [5.41, 5.74) is 2.27. The molecule has 1 N–H and O–H groups in total. The lowest BCUT2D eigenvalue weighted by molar-refractivity contribution is 0.120. The maximum absolute atomic E-state index is 4.26. The van der Waals surface area contributed by atoms with Crippen LogP contribution >= 0.6 is 0 Å². The Morgan fingerprint density at radius 2 is 2.21 bits per heavy atom. The number of hydrogen-bond donors (Lipinski definition) is 1. The van der Waals surface area contributed by atoms with E-state index >= 15 is 0 Å². The van der Waals surface area contributed by atoms with Crippen LogP contribution in [0.15, 0.2) is 12.5 Å². The Kier molecular flexibility index (Phi) is 3.01. The first-order valence-electron chi connectivity index (χ1n) is 7.71. The third kappa shape index (κ3) is 1.78. The molecule has 0 radical (unpaired) electrons. The molecule has 3 unspecified atom stereocenters. The zero-order valence-corrected chi connectivity index (χ0v) is 12.7. The smallest absolute Gasteiger partial charge is 0.0948 e. The van der Waals surface area contributed by atoms with Gasteiger partial charge in [-0.3, -0.25) is 0 Å². The van der Waals surface area contributed by atoms with Gasteiger partial charge in [-0.15, -0.1) is 0 Å². The molecule has 2 fully saturated rings. The normalized spacial score (nSPS) is 36.0. The first kappa shape index (κ1) is 13.2. The Morgan fingerprint density at radius 1 is 1.42 bits per heavy atom. The number of fused-ring (bicyclic) bond motifs is 2. The SMILES string of the molecule is CCn1cncc1CNC1CC2CCC1(C)C2(C)C. The van der Waals surface area contributed by atoms with Gasteiger partial charge in [0.05, 0.1) is 12.0 Å². The van der Waals surface area contributed by atoms with Crippen molar-refractivity contribution < 1.29 is 0 Å². The molecular weight excluding hydrogens is 234 g/mol. The van der Waals surface area contributed by atoms with Gasteiger partial charge in [-0.25, -0.2) is 4.98 Å². The summed E-state index contributed by atoms with van der Waals surface area (Å²) in [5.74, 6) is 0.908. The molecule has 0 aromatic carbocycles. The molecule has 3 nitrogen and oxygen atoms in total. The third-order valence-electron chi connectivity index (χ3n) is 6.46. The van der Waals surface area contributed by atoms with E-state index in [0.29, 0.717) is 16.9 Å². The van der Waals surface area contributed by atoms with Gasteiger partial charge in [-0.1, -0.05) is 20.8 Å². The molecule has 0 saturated heterocycles. The molecule has 3 heteroatoms. The van der Waals surface area contributed by atoms with Gasteiger partial charge in [0.2, 0.25) is 0 Å². The maximum atomic E-state index is 4.26. The highest BCUT2D eigenvalue weighted by Gasteiger charge is 2.60. The first-order chi connectivity index (χ1) is 8.99. The Hall–Kier alpha value is -0.830. The van der Waals surface area contributed by atoms with Crippen LogP contribution < -0.4 is 5.32 Å². The highest BCUT2D eigenvalue weighted by atomic mass is 15.1. The van der Waals surface area contributed by atoms with E-state index in [9.17, 15) is 0 Å². The van der Waals surface area contributed by atoms with Crippen molar-refractivity contribution in [3.8, 4) is 0 Å². The molecule has 2 aliphatic rings. The quantitative estimate of drug-likeness (QED) is 0.902. The molecule has 0 aliphatic heterocycles. The van der Waals surface area contributed by atoms with Crippen molar-refractivity contribution in [2.45, 2.75) is 66.1 Å². The second-order valence-corrected chi connectivity index (χ2v) is 7.21. The number of imidazole rings is 1. The number of hydrogen-bond acceptors (Lipinski definition) is 2. The molecule has 3 atom stereocenters. The highest BCUT2D eigenvalue weighted by molar-refractivity contribution is 5.13. The second-order valence-electron chi connectivity index (χ2n) is 7.21. The molecule has 0 amide bonds. The maximum Gasteiger partial charge on any atom is 0.0948 e. The van der Waals surface area contributed by atoms with Gasteiger partial charge in [-0.2, -0.15) is 0 Å². The number of nitrogens with one attached hydrogen (secondary N) is 1. The van der Waals surface area contributed by atoms with E-state index < -0.39 is 0 Å². The van der Waals surface area contributed by atoms with Gasteiger partial charge in [-0.05, 0) is 42.9 Å². The van der Waals surface area contributed by atoms with Crippen LogP contribution in [-0.2, 0) is 13.1 Å². The van der Waals surface area contributed by atoms with Gasteiger partial charge in [0.1, 0.15) is 0 Å². The largest absolute Gasteiger partial charge is 0.334 e. The van der Waals surface area contributed by atoms with Crippen LogP contribution in [0.2, 0.25) is 0 Å². The van der Waals surface area contributed by atoms with Crippen molar-refractivity contribution in [2.75, 3.05) is 0 Å². The first-order valence-corrected chi connectivity index (χ1v) is 7.71.